The number of nitrogens with one attached hydrogen (secondary N) is 1. The van der Waals surface area contributed by atoms with Crippen molar-refractivity contribution in [3.05, 3.63) is 46.5 Å². The minimum atomic E-state index is -0.456. The first-order valence-electron chi connectivity index (χ1n) is 9.92. The number of fused-ring (bicyclic) bond motifs is 1. The molecule has 0 radical (unpaired) electrons. The van der Waals surface area contributed by atoms with Crippen LogP contribution in [-0.4, -0.2) is 47.3 Å². The molecule has 1 aromatic carbocycles. The molecule has 0 spiro atoms. The number of rotatable bonds is 4. The van der Waals surface area contributed by atoms with Crippen molar-refractivity contribution < 1.29 is 14.3 Å². The summed E-state index contributed by atoms with van der Waals surface area (Å²) >= 11 is 1.57. The highest BCUT2D eigenvalue weighted by Crippen LogP contribution is 2.32. The fourth-order valence-corrected chi connectivity index (χ4v) is 5.15. The number of anilines is 1. The van der Waals surface area contributed by atoms with Crippen molar-refractivity contribution in [3.63, 3.8) is 0 Å². The van der Waals surface area contributed by atoms with Gasteiger partial charge in [-0.25, -0.2) is 9.78 Å². The van der Waals surface area contributed by atoms with E-state index in [-0.39, 0.29) is 18.8 Å². The van der Waals surface area contributed by atoms with E-state index in [2.05, 4.69) is 29.0 Å². The molecule has 0 saturated carbocycles. The summed E-state index contributed by atoms with van der Waals surface area (Å²) in [7, 11) is 0. The van der Waals surface area contributed by atoms with Crippen LogP contribution in [0.3, 0.4) is 0 Å². The monoisotopic (exact) mass is 401 g/mol. The lowest BCUT2D eigenvalue weighted by atomic mass is 9.95. The number of hydrogen-bond acceptors (Lipinski definition) is 6. The lowest BCUT2D eigenvalue weighted by Gasteiger charge is -2.41. The van der Waals surface area contributed by atoms with Crippen molar-refractivity contribution in [1.29, 1.82) is 0 Å². The minimum Gasteiger partial charge on any atom is -0.444 e. The van der Waals surface area contributed by atoms with E-state index in [1.54, 1.807) is 11.3 Å². The topological polar surface area (TPSA) is 63.7 Å². The molecular weight excluding hydrogens is 374 g/mol. The number of nitrogens with zero attached hydrogens (tertiary/aromatic N) is 2. The highest BCUT2D eigenvalue weighted by molar-refractivity contribution is 7.15. The maximum Gasteiger partial charge on any atom is 0.413 e. The van der Waals surface area contributed by atoms with Crippen LogP contribution in [0.15, 0.2) is 30.3 Å². The second kappa shape index (κ2) is 8.59. The number of morpholine rings is 1. The van der Waals surface area contributed by atoms with Gasteiger partial charge in [-0.2, -0.15) is 0 Å². The van der Waals surface area contributed by atoms with E-state index in [4.69, 9.17) is 9.47 Å². The van der Waals surface area contributed by atoms with Crippen LogP contribution in [0.2, 0.25) is 0 Å². The Kier molecular flexibility index (Phi) is 5.94. The van der Waals surface area contributed by atoms with Crippen LogP contribution in [0.1, 0.15) is 36.4 Å². The molecule has 1 saturated heterocycles. The maximum absolute atomic E-state index is 12.1. The highest BCUT2D eigenvalue weighted by atomic mass is 32.1. The predicted octanol–water partition coefficient (Wildman–Crippen LogP) is 3.86. The molecule has 2 aromatic rings. The molecule has 1 fully saturated rings. The standard InChI is InChI=1S/C21H27N3O3S/c1-14-11-24(12-15(2)27-14)17-8-9-18-19(10-17)28-20(22-18)23-21(25)26-13-16-6-4-3-5-7-16/h3-7,14-15,17H,8-13H2,1-2H3,(H,22,23,25). The fourth-order valence-electron chi connectivity index (χ4n) is 4.09. The van der Waals surface area contributed by atoms with E-state index in [0.29, 0.717) is 11.2 Å². The van der Waals surface area contributed by atoms with Gasteiger partial charge in [0.05, 0.1) is 17.9 Å². The van der Waals surface area contributed by atoms with Gasteiger partial charge in [-0.3, -0.25) is 10.2 Å². The number of ether oxygens (including phenoxy) is 2. The molecule has 1 N–H and O–H groups in total. The van der Waals surface area contributed by atoms with Gasteiger partial charge in [-0.05, 0) is 38.7 Å². The van der Waals surface area contributed by atoms with Crippen LogP contribution in [0.5, 0.6) is 0 Å². The number of amides is 1. The zero-order chi connectivity index (χ0) is 19.5. The van der Waals surface area contributed by atoms with Crippen LogP contribution in [0.25, 0.3) is 0 Å². The van der Waals surface area contributed by atoms with Gasteiger partial charge in [0, 0.05) is 24.0 Å². The molecule has 150 valence electrons. The molecule has 4 rings (SSSR count). The highest BCUT2D eigenvalue weighted by Gasteiger charge is 2.31. The molecule has 2 aliphatic rings. The first-order chi connectivity index (χ1) is 13.6. The van der Waals surface area contributed by atoms with Gasteiger partial charge in [0.1, 0.15) is 6.61 Å². The molecule has 7 heteroatoms. The summed E-state index contributed by atoms with van der Waals surface area (Å²) in [6.45, 7) is 6.52. The van der Waals surface area contributed by atoms with Crippen molar-refractivity contribution in [3.8, 4) is 0 Å². The Hall–Kier alpha value is -1.96. The lowest BCUT2D eigenvalue weighted by molar-refractivity contribution is -0.0815. The van der Waals surface area contributed by atoms with Gasteiger partial charge < -0.3 is 9.47 Å². The van der Waals surface area contributed by atoms with Crippen molar-refractivity contribution in [2.75, 3.05) is 18.4 Å². The van der Waals surface area contributed by atoms with E-state index >= 15 is 0 Å². The van der Waals surface area contributed by atoms with E-state index in [0.717, 1.165) is 43.6 Å². The summed E-state index contributed by atoms with van der Waals surface area (Å²) in [5.41, 5.74) is 2.09. The average molecular weight is 402 g/mol. The number of aromatic nitrogens is 1. The van der Waals surface area contributed by atoms with Crippen molar-refractivity contribution in [2.45, 2.75) is 58.0 Å². The lowest BCUT2D eigenvalue weighted by Crippen LogP contribution is -2.51. The Labute approximate surface area is 169 Å². The van der Waals surface area contributed by atoms with E-state index in [9.17, 15) is 4.79 Å². The molecule has 1 aliphatic carbocycles. The number of carbonyl (C=O) groups is 1. The molecule has 0 bridgehead atoms. The Bertz CT molecular complexity index is 800. The van der Waals surface area contributed by atoms with Gasteiger partial charge in [0.2, 0.25) is 0 Å². The molecule has 2 heterocycles. The van der Waals surface area contributed by atoms with Crippen molar-refractivity contribution >= 4 is 22.6 Å². The normalized spacial score (nSPS) is 25.1. The van der Waals surface area contributed by atoms with E-state index in [1.807, 2.05) is 30.3 Å². The van der Waals surface area contributed by atoms with Crippen LogP contribution in [0.4, 0.5) is 9.93 Å². The quantitative estimate of drug-likeness (QED) is 0.843. The summed E-state index contributed by atoms with van der Waals surface area (Å²) in [4.78, 5) is 20.5. The number of thiazole rings is 1. The van der Waals surface area contributed by atoms with Crippen LogP contribution < -0.4 is 5.32 Å². The summed E-state index contributed by atoms with van der Waals surface area (Å²) < 4.78 is 11.2. The Balaban J connectivity index is 1.33. The third-order valence-electron chi connectivity index (χ3n) is 5.30. The van der Waals surface area contributed by atoms with Gasteiger partial charge >= 0.3 is 6.09 Å². The van der Waals surface area contributed by atoms with E-state index < -0.39 is 6.09 Å². The van der Waals surface area contributed by atoms with Crippen molar-refractivity contribution in [1.82, 2.24) is 9.88 Å². The number of aryl methyl sites for hydroxylation is 1. The smallest absolute Gasteiger partial charge is 0.413 e. The summed E-state index contributed by atoms with van der Waals surface area (Å²) in [6, 6.07) is 10.2. The number of hydrogen-bond donors (Lipinski definition) is 1. The molecule has 1 aromatic heterocycles. The Morgan fingerprint density at radius 2 is 2.04 bits per heavy atom. The van der Waals surface area contributed by atoms with Gasteiger partial charge in [0.15, 0.2) is 5.13 Å². The third kappa shape index (κ3) is 4.71. The van der Waals surface area contributed by atoms with Crippen LogP contribution >= 0.6 is 11.3 Å². The van der Waals surface area contributed by atoms with Crippen LogP contribution in [0, 0.1) is 0 Å². The van der Waals surface area contributed by atoms with Gasteiger partial charge in [-0.1, -0.05) is 30.3 Å². The summed E-state index contributed by atoms with van der Waals surface area (Å²) in [5, 5.41) is 3.42. The van der Waals surface area contributed by atoms with E-state index in [1.165, 1.54) is 4.88 Å². The Morgan fingerprint density at radius 1 is 1.29 bits per heavy atom. The first-order valence-corrected chi connectivity index (χ1v) is 10.7. The van der Waals surface area contributed by atoms with Crippen LogP contribution in [-0.2, 0) is 28.9 Å². The molecule has 3 atom stereocenters. The number of benzene rings is 1. The minimum absolute atomic E-state index is 0.257. The molecule has 1 amide bonds. The summed E-state index contributed by atoms with van der Waals surface area (Å²) in [6.07, 6.45) is 3.16. The molecule has 1 aliphatic heterocycles. The second-order valence-electron chi connectivity index (χ2n) is 7.68. The zero-order valence-electron chi connectivity index (χ0n) is 16.4. The van der Waals surface area contributed by atoms with Crippen molar-refractivity contribution in [2.24, 2.45) is 0 Å². The maximum atomic E-state index is 12.1. The molecule has 3 unspecified atom stereocenters. The second-order valence-corrected chi connectivity index (χ2v) is 8.77. The molecule has 28 heavy (non-hydrogen) atoms. The van der Waals surface area contributed by atoms with Gasteiger partial charge in [0.25, 0.3) is 0 Å². The fraction of sp³-hybridized carbons (Fsp3) is 0.524. The van der Waals surface area contributed by atoms with Gasteiger partial charge in [-0.15, -0.1) is 11.3 Å². The largest absolute Gasteiger partial charge is 0.444 e. The SMILES string of the molecule is CC1CN(C2CCc3nc(NC(=O)OCc4ccccc4)sc3C2)CC(C)O1. The third-order valence-corrected chi connectivity index (χ3v) is 6.34. The molecule has 6 nitrogen and oxygen atoms in total. The Morgan fingerprint density at radius 3 is 2.79 bits per heavy atom. The zero-order valence-corrected chi connectivity index (χ0v) is 17.2. The molecular formula is C21H27N3O3S. The predicted molar refractivity (Wildman–Crippen MR) is 110 cm³/mol. The average Bonchev–Trinajstić information content (AvgIpc) is 3.07. The first kappa shape index (κ1) is 19.4. The summed E-state index contributed by atoms with van der Waals surface area (Å²) in [5.74, 6) is 0. The number of carbonyl (C=O) groups excluding carboxylic acids is 1.